The lowest BCUT2D eigenvalue weighted by molar-refractivity contribution is -0.176. The van der Waals surface area contributed by atoms with E-state index in [1.807, 2.05) is 0 Å². The molecule has 0 rings (SSSR count). The van der Waals surface area contributed by atoms with Crippen molar-refractivity contribution in [2.24, 2.45) is 5.73 Å². The molecule has 4 N–H and O–H groups in total. The summed E-state index contributed by atoms with van der Waals surface area (Å²) in [6.07, 6.45) is 0. The quantitative estimate of drug-likeness (QED) is 0.303. The van der Waals surface area contributed by atoms with Gasteiger partial charge in [0.2, 0.25) is 0 Å². The van der Waals surface area contributed by atoms with Crippen LogP contribution in [-0.4, -0.2) is 35.5 Å². The lowest BCUT2D eigenvalue weighted by Gasteiger charge is -2.01. The fraction of sp³-hybridized carbons (Fsp3) is 0.667. The molecule has 0 aromatic carbocycles. The van der Waals surface area contributed by atoms with Crippen molar-refractivity contribution in [3.63, 3.8) is 0 Å². The van der Waals surface area contributed by atoms with Crippen LogP contribution in [0.4, 0.5) is 4.79 Å². The molecule has 50 valence electrons. The van der Waals surface area contributed by atoms with Crippen molar-refractivity contribution in [3.05, 3.63) is 0 Å². The van der Waals surface area contributed by atoms with Gasteiger partial charge < -0.3 is 10.6 Å². The van der Waals surface area contributed by atoms with Gasteiger partial charge in [-0.05, 0) is 0 Å². The van der Waals surface area contributed by atoms with Crippen molar-refractivity contribution < 1.29 is 15.3 Å². The minimum atomic E-state index is -0.407. The van der Waals surface area contributed by atoms with Crippen LogP contribution in [0.25, 0.3) is 0 Å². The van der Waals surface area contributed by atoms with E-state index >= 15 is 0 Å². The summed E-state index contributed by atoms with van der Waals surface area (Å²) in [6.45, 7) is 0. The molecule has 0 saturated carbocycles. The van der Waals surface area contributed by atoms with Crippen LogP contribution in [0.15, 0.2) is 0 Å². The molecule has 2 amide bonds. The molecule has 8 heavy (non-hydrogen) atoms. The average molecular weight is 122 g/mol. The van der Waals surface area contributed by atoms with Crippen LogP contribution in [0.1, 0.15) is 0 Å². The lowest BCUT2D eigenvalue weighted by Crippen LogP contribution is -2.27. The van der Waals surface area contributed by atoms with Gasteiger partial charge in [-0.1, -0.05) is 0 Å². The van der Waals surface area contributed by atoms with E-state index in [2.05, 4.69) is 0 Å². The molecule has 0 radical (unpaired) electrons. The predicted octanol–water partition coefficient (Wildman–Crippen LogP) is -0.356. The number of urea groups is 1. The Kier molecular flexibility index (Phi) is 7.91. The molecular weight excluding hydrogens is 112 g/mol. The summed E-state index contributed by atoms with van der Waals surface area (Å²) in [6, 6.07) is -0.407. The number of primary amides is 1. The van der Waals surface area contributed by atoms with E-state index < -0.39 is 6.03 Å². The fourth-order valence-corrected chi connectivity index (χ4v) is 0. The summed E-state index contributed by atoms with van der Waals surface area (Å²) in [5.74, 6) is 0. The van der Waals surface area contributed by atoms with E-state index in [1.54, 1.807) is 14.1 Å². The monoisotopic (exact) mass is 122 g/mol. The highest BCUT2D eigenvalue weighted by atomic mass is 17.0. The molecule has 0 unspecified atom stereocenters. The zero-order valence-electron chi connectivity index (χ0n) is 4.83. The zero-order chi connectivity index (χ0) is 7.15. The van der Waals surface area contributed by atoms with Gasteiger partial charge >= 0.3 is 6.03 Å². The van der Waals surface area contributed by atoms with E-state index in [-0.39, 0.29) is 0 Å². The number of hydrogen-bond donors (Lipinski definition) is 3. The summed E-state index contributed by atoms with van der Waals surface area (Å²) in [7, 11) is 3.20. The van der Waals surface area contributed by atoms with Gasteiger partial charge in [0, 0.05) is 14.1 Å². The Balaban J connectivity index is 0. The van der Waals surface area contributed by atoms with Gasteiger partial charge in [-0.25, -0.2) is 4.79 Å². The van der Waals surface area contributed by atoms with E-state index in [4.69, 9.17) is 16.2 Å². The van der Waals surface area contributed by atoms with Gasteiger partial charge in [-0.15, -0.1) is 0 Å². The highest BCUT2D eigenvalue weighted by Gasteiger charge is 1.88. The summed E-state index contributed by atoms with van der Waals surface area (Å²) >= 11 is 0. The second-order valence-electron chi connectivity index (χ2n) is 1.23. The molecule has 0 atom stereocenters. The van der Waals surface area contributed by atoms with Crippen LogP contribution in [0.2, 0.25) is 0 Å². The van der Waals surface area contributed by atoms with Crippen molar-refractivity contribution in [2.45, 2.75) is 0 Å². The first-order valence-electron chi connectivity index (χ1n) is 1.81. The van der Waals surface area contributed by atoms with Crippen LogP contribution in [-0.2, 0) is 0 Å². The zero-order valence-corrected chi connectivity index (χ0v) is 4.83. The molecule has 0 saturated heterocycles. The number of hydrogen-bond acceptors (Lipinski definition) is 3. The number of carbonyl (C=O) groups excluding carboxylic acids is 1. The molecule has 0 aromatic rings. The van der Waals surface area contributed by atoms with Crippen molar-refractivity contribution >= 4 is 6.03 Å². The van der Waals surface area contributed by atoms with Gasteiger partial charge in [-0.3, -0.25) is 10.5 Å². The summed E-state index contributed by atoms with van der Waals surface area (Å²) in [5.41, 5.74) is 4.72. The molecule has 0 fully saturated rings. The van der Waals surface area contributed by atoms with Crippen molar-refractivity contribution in [3.8, 4) is 0 Å². The fourth-order valence-electron chi connectivity index (χ4n) is 0. The molecular formula is C3H10N2O3. The molecule has 0 heterocycles. The first-order valence-corrected chi connectivity index (χ1v) is 1.81. The minimum Gasteiger partial charge on any atom is -0.352 e. The Hall–Kier alpha value is -0.810. The van der Waals surface area contributed by atoms with Crippen molar-refractivity contribution in [2.75, 3.05) is 14.1 Å². The van der Waals surface area contributed by atoms with Gasteiger partial charge in [0.05, 0.1) is 0 Å². The van der Waals surface area contributed by atoms with Crippen molar-refractivity contribution in [1.82, 2.24) is 4.90 Å². The van der Waals surface area contributed by atoms with Gasteiger partial charge in [0.15, 0.2) is 0 Å². The summed E-state index contributed by atoms with van der Waals surface area (Å²) in [5, 5.41) is 12.0. The van der Waals surface area contributed by atoms with Gasteiger partial charge in [0.25, 0.3) is 0 Å². The third-order valence-electron chi connectivity index (χ3n) is 0.441. The Morgan fingerprint density at radius 3 is 1.62 bits per heavy atom. The SMILES string of the molecule is CN(C)C(N)=O.OO. The number of rotatable bonds is 0. The largest absolute Gasteiger partial charge is 0.352 e. The maximum Gasteiger partial charge on any atom is 0.314 e. The molecule has 0 aromatic heterocycles. The van der Waals surface area contributed by atoms with E-state index in [1.165, 1.54) is 4.90 Å². The first kappa shape index (κ1) is 10.2. The molecule has 0 aliphatic carbocycles. The molecule has 0 spiro atoms. The molecule has 0 bridgehead atoms. The number of nitrogens with two attached hydrogens (primary N) is 1. The van der Waals surface area contributed by atoms with Crippen LogP contribution in [0.3, 0.4) is 0 Å². The Morgan fingerprint density at radius 1 is 1.50 bits per heavy atom. The Morgan fingerprint density at radius 2 is 1.62 bits per heavy atom. The number of nitrogens with zero attached hydrogens (tertiary/aromatic N) is 1. The minimum absolute atomic E-state index is 0.407. The predicted molar refractivity (Wildman–Crippen MR) is 28.5 cm³/mol. The van der Waals surface area contributed by atoms with Gasteiger partial charge in [-0.2, -0.15) is 0 Å². The molecule has 5 nitrogen and oxygen atoms in total. The standard InChI is InChI=1S/C3H8N2O.H2O2/c1-5(2)3(4)6;1-2/h1-2H3,(H2,4,6);1-2H. The van der Waals surface area contributed by atoms with E-state index in [0.717, 1.165) is 0 Å². The third kappa shape index (κ3) is 8.95. The maximum absolute atomic E-state index is 9.85. The summed E-state index contributed by atoms with van der Waals surface area (Å²) < 4.78 is 0. The molecule has 5 heteroatoms. The van der Waals surface area contributed by atoms with E-state index in [0.29, 0.717) is 0 Å². The smallest absolute Gasteiger partial charge is 0.314 e. The second kappa shape index (κ2) is 6.19. The Bertz CT molecular complexity index is 63.5. The van der Waals surface area contributed by atoms with Crippen LogP contribution in [0.5, 0.6) is 0 Å². The maximum atomic E-state index is 9.85. The topological polar surface area (TPSA) is 86.8 Å². The number of amides is 2. The highest BCUT2D eigenvalue weighted by molar-refractivity contribution is 5.71. The lowest BCUT2D eigenvalue weighted by atomic mass is 10.9. The Labute approximate surface area is 47.3 Å². The van der Waals surface area contributed by atoms with Crippen LogP contribution >= 0.6 is 0 Å². The summed E-state index contributed by atoms with van der Waals surface area (Å²) in [4.78, 5) is 11.2. The molecule has 0 aliphatic rings. The van der Waals surface area contributed by atoms with Gasteiger partial charge in [0.1, 0.15) is 0 Å². The normalized spacial score (nSPS) is 6.50. The van der Waals surface area contributed by atoms with Crippen LogP contribution in [0, 0.1) is 0 Å². The first-order chi connectivity index (χ1) is 3.64. The second-order valence-corrected chi connectivity index (χ2v) is 1.23. The highest BCUT2D eigenvalue weighted by Crippen LogP contribution is 1.65. The average Bonchev–Trinajstić information content (AvgIpc) is 1.72. The number of carbonyl (C=O) groups is 1. The van der Waals surface area contributed by atoms with Crippen molar-refractivity contribution in [1.29, 1.82) is 0 Å². The van der Waals surface area contributed by atoms with Crippen LogP contribution < -0.4 is 5.73 Å². The molecule has 0 aliphatic heterocycles. The van der Waals surface area contributed by atoms with E-state index in [9.17, 15) is 4.79 Å². The third-order valence-corrected chi connectivity index (χ3v) is 0.441.